The van der Waals surface area contributed by atoms with Gasteiger partial charge in [0.15, 0.2) is 11.1 Å². The summed E-state index contributed by atoms with van der Waals surface area (Å²) in [6.07, 6.45) is 1.68. The quantitative estimate of drug-likeness (QED) is 0.562. The first-order valence-electron chi connectivity index (χ1n) is 2.72. The molecule has 0 aromatic rings. The molecule has 0 aliphatic rings. The van der Waals surface area contributed by atoms with Crippen LogP contribution in [-0.2, 0) is 15.3 Å². The lowest BCUT2D eigenvalue weighted by molar-refractivity contribution is 0.377. The molecule has 0 rings (SSSR count). The average Bonchev–Trinajstić information content (AvgIpc) is 1.85. The van der Waals surface area contributed by atoms with Crippen LogP contribution in [0.1, 0.15) is 13.8 Å². The van der Waals surface area contributed by atoms with Crippen molar-refractivity contribution in [2.24, 2.45) is 0 Å². The van der Waals surface area contributed by atoms with Crippen molar-refractivity contribution in [3.05, 3.63) is 17.2 Å². The van der Waals surface area contributed by atoms with Gasteiger partial charge in [-0.1, -0.05) is 0 Å². The van der Waals surface area contributed by atoms with Gasteiger partial charge in [0.25, 0.3) is 0 Å². The Hall–Kier alpha value is -0.370. The van der Waals surface area contributed by atoms with E-state index in [1.54, 1.807) is 19.9 Å². The highest BCUT2D eigenvalue weighted by Gasteiger charge is 1.86. The lowest BCUT2D eigenvalue weighted by Gasteiger charge is -1.88. The molecule has 0 spiro atoms. The highest BCUT2D eigenvalue weighted by molar-refractivity contribution is 7.83. The Kier molecular flexibility index (Phi) is 5.52. The summed E-state index contributed by atoms with van der Waals surface area (Å²) < 4.78 is 15.2. The van der Waals surface area contributed by atoms with E-state index in [9.17, 15) is 4.21 Å². The largest absolute Gasteiger partial charge is 0.287 e. The van der Waals surface area contributed by atoms with Crippen LogP contribution in [0.4, 0.5) is 0 Å². The lowest BCUT2D eigenvalue weighted by atomic mass is 10.7. The maximum atomic E-state index is 10.6. The molecule has 0 bridgehead atoms. The number of hydrogen-bond donors (Lipinski definition) is 0. The van der Waals surface area contributed by atoms with Crippen LogP contribution >= 0.6 is 0 Å². The molecule has 0 aliphatic carbocycles. The van der Waals surface area contributed by atoms with Gasteiger partial charge in [0.1, 0.15) is 0 Å². The molecule has 0 amide bonds. The fraction of sp³-hybridized carbons (Fsp3) is 0.500. The number of rotatable bonds is 3. The molecule has 0 radical (unpaired) electrons. The van der Waals surface area contributed by atoms with E-state index in [1.165, 1.54) is 5.41 Å². The van der Waals surface area contributed by atoms with Gasteiger partial charge in [-0.3, -0.25) is 4.18 Å². The minimum atomic E-state index is -1.29. The van der Waals surface area contributed by atoms with Crippen molar-refractivity contribution >= 4 is 11.1 Å². The zero-order chi connectivity index (χ0) is 7.11. The SMILES string of the molecule is CC=C=CS(=O)OCC. The van der Waals surface area contributed by atoms with Crippen molar-refractivity contribution in [1.29, 1.82) is 0 Å². The van der Waals surface area contributed by atoms with E-state index in [2.05, 4.69) is 9.91 Å². The molecule has 0 heterocycles. The molecule has 0 fully saturated rings. The Bertz CT molecular complexity index is 145. The van der Waals surface area contributed by atoms with Crippen LogP contribution in [0.15, 0.2) is 17.2 Å². The van der Waals surface area contributed by atoms with Crippen LogP contribution in [0.5, 0.6) is 0 Å². The maximum absolute atomic E-state index is 10.6. The molecular weight excluding hydrogens is 136 g/mol. The monoisotopic (exact) mass is 146 g/mol. The Balaban J connectivity index is 3.63. The molecule has 0 aliphatic heterocycles. The first kappa shape index (κ1) is 8.63. The van der Waals surface area contributed by atoms with E-state index in [4.69, 9.17) is 0 Å². The zero-order valence-corrected chi connectivity index (χ0v) is 6.40. The minimum absolute atomic E-state index is 0.467. The zero-order valence-electron chi connectivity index (χ0n) is 5.59. The van der Waals surface area contributed by atoms with Crippen LogP contribution in [0.3, 0.4) is 0 Å². The van der Waals surface area contributed by atoms with Gasteiger partial charge in [-0.2, -0.15) is 0 Å². The number of allylic oxidation sites excluding steroid dienone is 1. The van der Waals surface area contributed by atoms with Crippen LogP contribution in [0.2, 0.25) is 0 Å². The van der Waals surface area contributed by atoms with Gasteiger partial charge in [0.05, 0.1) is 12.0 Å². The molecule has 0 N–H and O–H groups in total. The van der Waals surface area contributed by atoms with Gasteiger partial charge in [-0.05, 0) is 19.9 Å². The van der Waals surface area contributed by atoms with Crippen molar-refractivity contribution < 1.29 is 8.39 Å². The molecule has 0 aromatic heterocycles. The van der Waals surface area contributed by atoms with Crippen LogP contribution < -0.4 is 0 Å². The van der Waals surface area contributed by atoms with Crippen molar-refractivity contribution in [3.63, 3.8) is 0 Å². The van der Waals surface area contributed by atoms with Crippen LogP contribution in [0, 0.1) is 0 Å². The second-order valence-electron chi connectivity index (χ2n) is 1.24. The van der Waals surface area contributed by atoms with E-state index in [0.29, 0.717) is 6.61 Å². The third kappa shape index (κ3) is 5.50. The molecule has 0 saturated carbocycles. The van der Waals surface area contributed by atoms with Crippen LogP contribution in [0.25, 0.3) is 0 Å². The van der Waals surface area contributed by atoms with Crippen molar-refractivity contribution in [3.8, 4) is 0 Å². The van der Waals surface area contributed by atoms with Crippen molar-refractivity contribution in [2.75, 3.05) is 6.61 Å². The summed E-state index contributed by atoms with van der Waals surface area (Å²) in [5, 5.41) is 1.38. The van der Waals surface area contributed by atoms with E-state index < -0.39 is 11.1 Å². The standard InChI is InChI=1S/C6H10O2S/c1-3-5-6-9(7)8-4-2/h3,6H,4H2,1-2H3. The normalized spacial score (nSPS) is 11.8. The number of hydrogen-bond acceptors (Lipinski definition) is 2. The molecule has 3 heteroatoms. The summed E-state index contributed by atoms with van der Waals surface area (Å²) in [6.45, 7) is 4.07. The highest BCUT2D eigenvalue weighted by atomic mass is 32.2. The smallest absolute Gasteiger partial charge is 0.189 e. The summed E-state index contributed by atoms with van der Waals surface area (Å²) in [5.74, 6) is 0. The first-order valence-corrected chi connectivity index (χ1v) is 3.86. The molecule has 2 nitrogen and oxygen atoms in total. The predicted octanol–water partition coefficient (Wildman–Crippen LogP) is 1.38. The molecule has 52 valence electrons. The minimum Gasteiger partial charge on any atom is -0.287 e. The molecule has 0 aromatic carbocycles. The molecular formula is C6H10O2S. The van der Waals surface area contributed by atoms with Gasteiger partial charge in [0, 0.05) is 0 Å². The van der Waals surface area contributed by atoms with Crippen LogP contribution in [-0.4, -0.2) is 10.8 Å². The maximum Gasteiger partial charge on any atom is 0.189 e. The fourth-order valence-electron chi connectivity index (χ4n) is 0.274. The van der Waals surface area contributed by atoms with E-state index in [-0.39, 0.29) is 0 Å². The molecule has 1 unspecified atom stereocenters. The Morgan fingerprint density at radius 2 is 2.44 bits per heavy atom. The summed E-state index contributed by atoms with van der Waals surface area (Å²) >= 11 is -1.29. The van der Waals surface area contributed by atoms with Gasteiger partial charge in [-0.15, -0.1) is 5.73 Å². The van der Waals surface area contributed by atoms with E-state index >= 15 is 0 Å². The van der Waals surface area contributed by atoms with Gasteiger partial charge in [-0.25, -0.2) is 4.21 Å². The topological polar surface area (TPSA) is 26.3 Å². The van der Waals surface area contributed by atoms with Gasteiger partial charge >= 0.3 is 0 Å². The second-order valence-corrected chi connectivity index (χ2v) is 2.23. The Morgan fingerprint density at radius 3 is 2.89 bits per heavy atom. The lowest BCUT2D eigenvalue weighted by Crippen LogP contribution is -1.89. The Labute approximate surface area is 57.9 Å². The summed E-state index contributed by atoms with van der Waals surface area (Å²) in [5.41, 5.74) is 2.66. The van der Waals surface area contributed by atoms with E-state index in [1.807, 2.05) is 0 Å². The first-order chi connectivity index (χ1) is 4.31. The third-order valence-electron chi connectivity index (χ3n) is 0.565. The highest BCUT2D eigenvalue weighted by Crippen LogP contribution is 1.84. The third-order valence-corrected chi connectivity index (χ3v) is 1.36. The summed E-state index contributed by atoms with van der Waals surface area (Å²) in [4.78, 5) is 0. The van der Waals surface area contributed by atoms with Crippen molar-refractivity contribution in [1.82, 2.24) is 0 Å². The average molecular weight is 146 g/mol. The van der Waals surface area contributed by atoms with Gasteiger partial charge < -0.3 is 0 Å². The fourth-order valence-corrected chi connectivity index (χ4v) is 0.821. The molecule has 9 heavy (non-hydrogen) atoms. The van der Waals surface area contributed by atoms with Gasteiger partial charge in [0.2, 0.25) is 0 Å². The van der Waals surface area contributed by atoms with Crippen molar-refractivity contribution in [2.45, 2.75) is 13.8 Å². The summed E-state index contributed by atoms with van der Waals surface area (Å²) in [6, 6.07) is 0. The molecule has 1 atom stereocenters. The summed E-state index contributed by atoms with van der Waals surface area (Å²) in [7, 11) is 0. The second kappa shape index (κ2) is 5.76. The predicted molar refractivity (Wildman–Crippen MR) is 38.1 cm³/mol. The van der Waals surface area contributed by atoms with E-state index in [0.717, 1.165) is 0 Å². The Morgan fingerprint density at radius 1 is 1.78 bits per heavy atom. The molecule has 0 saturated heterocycles.